The van der Waals surface area contributed by atoms with E-state index >= 15 is 0 Å². The van der Waals surface area contributed by atoms with Crippen molar-refractivity contribution in [3.8, 4) is 0 Å². The van der Waals surface area contributed by atoms with Crippen molar-refractivity contribution in [1.29, 1.82) is 0 Å². The van der Waals surface area contributed by atoms with Crippen LogP contribution in [0.1, 0.15) is 63.5 Å². The largest absolute Gasteiger partial charge is 0.469 e. The van der Waals surface area contributed by atoms with Crippen LogP contribution in [0.15, 0.2) is 30.3 Å². The lowest BCUT2D eigenvalue weighted by Crippen LogP contribution is -2.36. The van der Waals surface area contributed by atoms with Crippen LogP contribution in [0.4, 0.5) is 0 Å². The van der Waals surface area contributed by atoms with Crippen molar-refractivity contribution in [2.24, 2.45) is 5.92 Å². The zero-order chi connectivity index (χ0) is 17.4. The van der Waals surface area contributed by atoms with Gasteiger partial charge in [-0.3, -0.25) is 9.59 Å². The van der Waals surface area contributed by atoms with Crippen molar-refractivity contribution in [1.82, 2.24) is 4.90 Å². The second-order valence-corrected chi connectivity index (χ2v) is 6.71. The van der Waals surface area contributed by atoms with Gasteiger partial charge < -0.3 is 9.64 Å². The predicted octanol–water partition coefficient (Wildman–Crippen LogP) is 4.11. The van der Waals surface area contributed by atoms with Crippen LogP contribution >= 0.6 is 0 Å². The molecule has 1 amide bonds. The molecule has 0 heterocycles. The molecular weight excluding hydrogens is 302 g/mol. The van der Waals surface area contributed by atoms with Crippen molar-refractivity contribution >= 4 is 11.9 Å². The van der Waals surface area contributed by atoms with Gasteiger partial charge in [0, 0.05) is 13.0 Å². The fourth-order valence-electron chi connectivity index (χ4n) is 3.52. The van der Waals surface area contributed by atoms with Crippen LogP contribution in [-0.4, -0.2) is 30.4 Å². The molecule has 24 heavy (non-hydrogen) atoms. The average Bonchev–Trinajstić information content (AvgIpc) is 2.63. The normalized spacial score (nSPS) is 16.4. The summed E-state index contributed by atoms with van der Waals surface area (Å²) >= 11 is 0. The molecule has 1 aliphatic rings. The fourth-order valence-corrected chi connectivity index (χ4v) is 3.52. The lowest BCUT2D eigenvalue weighted by molar-refractivity contribution is -0.142. The van der Waals surface area contributed by atoms with Crippen molar-refractivity contribution in [3.05, 3.63) is 35.9 Å². The number of carbonyl (C=O) groups is 2. The molecule has 1 aliphatic carbocycles. The number of benzene rings is 1. The first-order chi connectivity index (χ1) is 11.6. The molecule has 0 saturated heterocycles. The van der Waals surface area contributed by atoms with E-state index in [1.54, 1.807) is 0 Å². The molecule has 0 bridgehead atoms. The third-order valence-corrected chi connectivity index (χ3v) is 5.04. The first-order valence-electron chi connectivity index (χ1n) is 9.03. The number of hydrogen-bond donors (Lipinski definition) is 0. The minimum Gasteiger partial charge on any atom is -0.469 e. The third kappa shape index (κ3) is 5.36. The maximum atomic E-state index is 12.9. The summed E-state index contributed by atoms with van der Waals surface area (Å²) in [4.78, 5) is 26.3. The van der Waals surface area contributed by atoms with E-state index in [-0.39, 0.29) is 24.3 Å². The number of esters is 1. The lowest BCUT2D eigenvalue weighted by atomic mass is 9.86. The number of ether oxygens (including phenoxy) is 1. The van der Waals surface area contributed by atoms with Crippen LogP contribution in [-0.2, 0) is 14.3 Å². The van der Waals surface area contributed by atoms with Gasteiger partial charge in [0.1, 0.15) is 0 Å². The molecule has 4 heteroatoms. The molecule has 1 aromatic carbocycles. The third-order valence-electron chi connectivity index (χ3n) is 5.04. The topological polar surface area (TPSA) is 46.6 Å². The zero-order valence-corrected chi connectivity index (χ0v) is 14.9. The smallest absolute Gasteiger partial charge is 0.307 e. The van der Waals surface area contributed by atoms with Gasteiger partial charge in [0.15, 0.2) is 0 Å². The van der Waals surface area contributed by atoms with E-state index in [1.807, 2.05) is 42.2 Å². The molecule has 1 fully saturated rings. The number of nitrogens with zero attached hydrogens (tertiary/aromatic N) is 1. The standard InChI is InChI=1S/C20H29NO3/c1-16(18-11-7-4-8-12-18)21(14-13-20(23)24-2)19(22)15-17-9-5-3-6-10-17/h4,7-8,11-12,16-17H,3,5-6,9-10,13-15H2,1-2H3. The Bertz CT molecular complexity index is 523. The quantitative estimate of drug-likeness (QED) is 0.706. The number of methoxy groups -OCH3 is 1. The van der Waals surface area contributed by atoms with E-state index in [1.165, 1.54) is 26.4 Å². The highest BCUT2D eigenvalue weighted by Gasteiger charge is 2.25. The van der Waals surface area contributed by atoms with Crippen LogP contribution in [0.3, 0.4) is 0 Å². The van der Waals surface area contributed by atoms with Crippen LogP contribution in [0.25, 0.3) is 0 Å². The molecular formula is C20H29NO3. The number of amides is 1. The fraction of sp³-hybridized carbons (Fsp3) is 0.600. The van der Waals surface area contributed by atoms with E-state index in [0.29, 0.717) is 18.9 Å². The molecule has 0 aromatic heterocycles. The molecule has 1 aromatic rings. The second kappa shape index (κ2) is 9.45. The van der Waals surface area contributed by atoms with Gasteiger partial charge >= 0.3 is 5.97 Å². The summed E-state index contributed by atoms with van der Waals surface area (Å²) in [7, 11) is 1.39. The molecule has 1 atom stereocenters. The van der Waals surface area contributed by atoms with Crippen molar-refractivity contribution in [2.75, 3.05) is 13.7 Å². The van der Waals surface area contributed by atoms with E-state index in [4.69, 9.17) is 4.74 Å². The van der Waals surface area contributed by atoms with Crippen LogP contribution in [0.2, 0.25) is 0 Å². The Morgan fingerprint density at radius 1 is 1.17 bits per heavy atom. The van der Waals surface area contributed by atoms with Gasteiger partial charge in [0.05, 0.1) is 19.6 Å². The SMILES string of the molecule is COC(=O)CCN(C(=O)CC1CCCCC1)C(C)c1ccccc1. The lowest BCUT2D eigenvalue weighted by Gasteiger charge is -2.31. The van der Waals surface area contributed by atoms with E-state index in [9.17, 15) is 9.59 Å². The summed E-state index contributed by atoms with van der Waals surface area (Å²) in [6, 6.07) is 9.96. The Morgan fingerprint density at radius 2 is 1.83 bits per heavy atom. The van der Waals surface area contributed by atoms with Gasteiger partial charge in [-0.2, -0.15) is 0 Å². The minimum atomic E-state index is -0.272. The molecule has 0 spiro atoms. The molecule has 0 N–H and O–H groups in total. The first kappa shape index (κ1) is 18.5. The summed E-state index contributed by atoms with van der Waals surface area (Å²) < 4.78 is 4.74. The Hall–Kier alpha value is -1.84. The Morgan fingerprint density at radius 3 is 2.46 bits per heavy atom. The van der Waals surface area contributed by atoms with Gasteiger partial charge in [0.2, 0.25) is 5.91 Å². The van der Waals surface area contributed by atoms with E-state index in [2.05, 4.69) is 0 Å². The van der Waals surface area contributed by atoms with E-state index in [0.717, 1.165) is 18.4 Å². The molecule has 132 valence electrons. The van der Waals surface area contributed by atoms with Gasteiger partial charge in [-0.1, -0.05) is 49.6 Å². The molecule has 0 aliphatic heterocycles. The Kier molecular flexibility index (Phi) is 7.29. The second-order valence-electron chi connectivity index (χ2n) is 6.71. The number of carbonyl (C=O) groups excluding carboxylic acids is 2. The summed E-state index contributed by atoms with van der Waals surface area (Å²) in [6.45, 7) is 2.44. The van der Waals surface area contributed by atoms with Crippen LogP contribution in [0, 0.1) is 5.92 Å². The van der Waals surface area contributed by atoms with Crippen LogP contribution in [0.5, 0.6) is 0 Å². The average molecular weight is 331 g/mol. The number of rotatable bonds is 7. The minimum absolute atomic E-state index is 0.0352. The summed E-state index contributed by atoms with van der Waals surface area (Å²) in [5, 5.41) is 0. The summed E-state index contributed by atoms with van der Waals surface area (Å²) in [5.41, 5.74) is 1.10. The highest BCUT2D eigenvalue weighted by Crippen LogP contribution is 2.29. The first-order valence-corrected chi connectivity index (χ1v) is 9.03. The molecule has 1 saturated carbocycles. The molecule has 0 radical (unpaired) electrons. The highest BCUT2D eigenvalue weighted by atomic mass is 16.5. The highest BCUT2D eigenvalue weighted by molar-refractivity contribution is 5.78. The van der Waals surface area contributed by atoms with Gasteiger partial charge in [-0.15, -0.1) is 0 Å². The number of hydrogen-bond acceptors (Lipinski definition) is 3. The molecule has 1 unspecified atom stereocenters. The Balaban J connectivity index is 2.05. The summed E-state index contributed by atoms with van der Waals surface area (Å²) in [5.74, 6) is 0.378. The Labute approximate surface area is 145 Å². The predicted molar refractivity (Wildman–Crippen MR) is 94.4 cm³/mol. The van der Waals surface area contributed by atoms with Crippen molar-refractivity contribution < 1.29 is 14.3 Å². The summed E-state index contributed by atoms with van der Waals surface area (Å²) in [6.07, 6.45) is 6.88. The maximum Gasteiger partial charge on any atom is 0.307 e. The molecule has 4 nitrogen and oxygen atoms in total. The van der Waals surface area contributed by atoms with Gasteiger partial charge in [-0.25, -0.2) is 0 Å². The van der Waals surface area contributed by atoms with Crippen molar-refractivity contribution in [2.45, 2.75) is 57.9 Å². The monoisotopic (exact) mass is 331 g/mol. The van der Waals surface area contributed by atoms with Gasteiger partial charge in [0.25, 0.3) is 0 Å². The van der Waals surface area contributed by atoms with Crippen molar-refractivity contribution in [3.63, 3.8) is 0 Å². The zero-order valence-electron chi connectivity index (χ0n) is 14.9. The van der Waals surface area contributed by atoms with Crippen LogP contribution < -0.4 is 0 Å². The maximum absolute atomic E-state index is 12.9. The van der Waals surface area contributed by atoms with Gasteiger partial charge in [-0.05, 0) is 31.2 Å². The molecule has 2 rings (SSSR count). The van der Waals surface area contributed by atoms with E-state index < -0.39 is 0 Å².